The average Bonchev–Trinajstić information content (AvgIpc) is 2.34. The Labute approximate surface area is 105 Å². The van der Waals surface area contributed by atoms with E-state index in [1.807, 2.05) is 0 Å². The molecule has 18 heavy (non-hydrogen) atoms. The first kappa shape index (κ1) is 13.0. The van der Waals surface area contributed by atoms with E-state index >= 15 is 0 Å². The lowest BCUT2D eigenvalue weighted by Crippen LogP contribution is -2.32. The Kier molecular flexibility index (Phi) is 3.63. The summed E-state index contributed by atoms with van der Waals surface area (Å²) in [6.45, 7) is 1.64. The van der Waals surface area contributed by atoms with Crippen LogP contribution in [0.5, 0.6) is 0 Å². The van der Waals surface area contributed by atoms with E-state index in [0.29, 0.717) is 29.5 Å². The maximum atomic E-state index is 13.5. The highest BCUT2D eigenvalue weighted by atomic mass is 19.1. The van der Waals surface area contributed by atoms with Crippen LogP contribution in [0.25, 0.3) is 0 Å². The van der Waals surface area contributed by atoms with Crippen molar-refractivity contribution in [2.45, 2.75) is 25.9 Å². The van der Waals surface area contributed by atoms with Crippen molar-refractivity contribution in [1.29, 1.82) is 0 Å². The molecule has 0 amide bonds. The predicted molar refractivity (Wildman–Crippen MR) is 65.0 cm³/mol. The van der Waals surface area contributed by atoms with E-state index in [1.165, 1.54) is 6.07 Å². The first-order valence-electron chi connectivity index (χ1n) is 5.90. The summed E-state index contributed by atoms with van der Waals surface area (Å²) in [7, 11) is 0. The molecule has 1 unspecified atom stereocenters. The van der Waals surface area contributed by atoms with Crippen molar-refractivity contribution in [3.63, 3.8) is 0 Å². The molecule has 0 fully saturated rings. The Balaban J connectivity index is 2.38. The van der Waals surface area contributed by atoms with E-state index in [0.717, 1.165) is 0 Å². The summed E-state index contributed by atoms with van der Waals surface area (Å²) in [5.74, 6) is -0.598. The van der Waals surface area contributed by atoms with Gasteiger partial charge in [0.05, 0.1) is 13.2 Å². The minimum absolute atomic E-state index is 0.117. The number of halogens is 1. The average molecular weight is 253 g/mol. The van der Waals surface area contributed by atoms with Gasteiger partial charge < -0.3 is 15.6 Å². The molecule has 5 heteroatoms. The van der Waals surface area contributed by atoms with Gasteiger partial charge in [-0.15, -0.1) is 0 Å². The van der Waals surface area contributed by atoms with Crippen molar-refractivity contribution < 1.29 is 19.0 Å². The van der Waals surface area contributed by atoms with Gasteiger partial charge in [-0.2, -0.15) is 0 Å². The Morgan fingerprint density at radius 1 is 1.61 bits per heavy atom. The highest BCUT2D eigenvalue weighted by molar-refractivity contribution is 6.06. The fraction of sp³-hybridized carbons (Fsp3) is 0.462. The molecule has 2 rings (SSSR count). The molecule has 0 spiro atoms. The van der Waals surface area contributed by atoms with Gasteiger partial charge in [0.2, 0.25) is 0 Å². The SMILES string of the molecule is Cc1c(F)cc(N)c2c1CCC(OCCO)C2=O. The molecule has 0 saturated carbocycles. The number of anilines is 1. The summed E-state index contributed by atoms with van der Waals surface area (Å²) in [5, 5.41) is 8.70. The molecule has 0 bridgehead atoms. The lowest BCUT2D eigenvalue weighted by Gasteiger charge is -2.26. The van der Waals surface area contributed by atoms with Crippen LogP contribution >= 0.6 is 0 Å². The van der Waals surface area contributed by atoms with Gasteiger partial charge in [-0.3, -0.25) is 4.79 Å². The fourth-order valence-electron chi connectivity index (χ4n) is 2.35. The van der Waals surface area contributed by atoms with Gasteiger partial charge in [-0.1, -0.05) is 0 Å². The van der Waals surface area contributed by atoms with Crippen LogP contribution in [0.2, 0.25) is 0 Å². The second kappa shape index (κ2) is 5.04. The molecule has 1 aliphatic carbocycles. The van der Waals surface area contributed by atoms with E-state index in [4.69, 9.17) is 15.6 Å². The topological polar surface area (TPSA) is 72.6 Å². The number of Topliss-reactive ketones (excluding diaryl/α,β-unsaturated/α-hetero) is 1. The predicted octanol–water partition coefficient (Wildman–Crippen LogP) is 1.22. The summed E-state index contributed by atoms with van der Waals surface area (Å²) in [4.78, 5) is 12.2. The number of aliphatic hydroxyl groups excluding tert-OH is 1. The van der Waals surface area contributed by atoms with Crippen molar-refractivity contribution in [2.75, 3.05) is 18.9 Å². The highest BCUT2D eigenvalue weighted by Crippen LogP contribution is 2.31. The summed E-state index contributed by atoms with van der Waals surface area (Å²) >= 11 is 0. The van der Waals surface area contributed by atoms with E-state index in [9.17, 15) is 9.18 Å². The zero-order valence-electron chi connectivity index (χ0n) is 10.2. The van der Waals surface area contributed by atoms with Crippen molar-refractivity contribution in [2.24, 2.45) is 0 Å². The van der Waals surface area contributed by atoms with E-state index < -0.39 is 6.10 Å². The molecule has 1 aromatic carbocycles. The van der Waals surface area contributed by atoms with Crippen LogP contribution in [0, 0.1) is 12.7 Å². The van der Waals surface area contributed by atoms with Crippen LogP contribution in [0.3, 0.4) is 0 Å². The lowest BCUT2D eigenvalue weighted by atomic mass is 9.84. The van der Waals surface area contributed by atoms with Crippen LogP contribution in [-0.4, -0.2) is 30.2 Å². The Morgan fingerprint density at radius 2 is 2.33 bits per heavy atom. The van der Waals surface area contributed by atoms with Crippen LogP contribution in [0.1, 0.15) is 27.9 Å². The molecule has 0 heterocycles. The van der Waals surface area contributed by atoms with E-state index in [2.05, 4.69) is 0 Å². The van der Waals surface area contributed by atoms with Gasteiger partial charge in [-0.25, -0.2) is 4.39 Å². The minimum atomic E-state index is -0.586. The summed E-state index contributed by atoms with van der Waals surface area (Å²) in [5.41, 5.74) is 7.43. The second-order valence-corrected chi connectivity index (χ2v) is 4.41. The van der Waals surface area contributed by atoms with Crippen LogP contribution in [-0.2, 0) is 11.2 Å². The largest absolute Gasteiger partial charge is 0.398 e. The second-order valence-electron chi connectivity index (χ2n) is 4.41. The van der Waals surface area contributed by atoms with Crippen molar-refractivity contribution >= 4 is 11.5 Å². The number of rotatable bonds is 3. The summed E-state index contributed by atoms with van der Waals surface area (Å²) in [6.07, 6.45) is 0.470. The van der Waals surface area contributed by atoms with E-state index in [1.54, 1.807) is 6.92 Å². The molecule has 4 nitrogen and oxygen atoms in total. The molecule has 3 N–H and O–H groups in total. The quantitative estimate of drug-likeness (QED) is 0.794. The number of hydrogen-bond donors (Lipinski definition) is 2. The maximum Gasteiger partial charge on any atom is 0.193 e. The maximum absolute atomic E-state index is 13.5. The first-order chi connectivity index (χ1) is 8.56. The first-order valence-corrected chi connectivity index (χ1v) is 5.90. The smallest absolute Gasteiger partial charge is 0.193 e. The molecule has 0 aliphatic heterocycles. The Bertz CT molecular complexity index is 488. The molecule has 0 aromatic heterocycles. The normalized spacial score (nSPS) is 18.8. The third-order valence-electron chi connectivity index (χ3n) is 3.29. The zero-order chi connectivity index (χ0) is 13.3. The number of carbonyl (C=O) groups excluding carboxylic acids is 1. The molecule has 1 aliphatic rings. The summed E-state index contributed by atoms with van der Waals surface area (Å²) < 4.78 is 18.8. The Morgan fingerprint density at radius 3 is 3.00 bits per heavy atom. The number of nitrogens with two attached hydrogens (primary N) is 1. The Hall–Kier alpha value is -1.46. The van der Waals surface area contributed by atoms with Gasteiger partial charge in [0.15, 0.2) is 5.78 Å². The number of fused-ring (bicyclic) bond motifs is 1. The molecular formula is C13H16FNO3. The third kappa shape index (κ3) is 2.11. The highest BCUT2D eigenvalue weighted by Gasteiger charge is 2.31. The van der Waals surface area contributed by atoms with Crippen LogP contribution in [0.4, 0.5) is 10.1 Å². The van der Waals surface area contributed by atoms with Gasteiger partial charge in [0, 0.05) is 11.3 Å². The lowest BCUT2D eigenvalue weighted by molar-refractivity contribution is 0.0221. The van der Waals surface area contributed by atoms with Crippen molar-refractivity contribution in [3.05, 3.63) is 28.6 Å². The minimum Gasteiger partial charge on any atom is -0.398 e. The molecule has 1 atom stereocenters. The summed E-state index contributed by atoms with van der Waals surface area (Å²) in [6, 6.07) is 1.18. The van der Waals surface area contributed by atoms with Crippen LogP contribution in [0.15, 0.2) is 6.07 Å². The van der Waals surface area contributed by atoms with Crippen molar-refractivity contribution in [3.8, 4) is 0 Å². The number of ketones is 1. The molecule has 98 valence electrons. The third-order valence-corrected chi connectivity index (χ3v) is 3.29. The van der Waals surface area contributed by atoms with Gasteiger partial charge in [0.25, 0.3) is 0 Å². The molecule has 0 saturated heterocycles. The molecular weight excluding hydrogens is 237 g/mol. The molecule has 0 radical (unpaired) electrons. The fourth-order valence-corrected chi connectivity index (χ4v) is 2.35. The zero-order valence-corrected chi connectivity index (χ0v) is 10.2. The van der Waals surface area contributed by atoms with Gasteiger partial charge >= 0.3 is 0 Å². The number of ether oxygens (including phenoxy) is 1. The van der Waals surface area contributed by atoms with Gasteiger partial charge in [-0.05, 0) is 37.0 Å². The number of nitrogen functional groups attached to an aromatic ring is 1. The van der Waals surface area contributed by atoms with Gasteiger partial charge in [0.1, 0.15) is 11.9 Å². The van der Waals surface area contributed by atoms with Crippen LogP contribution < -0.4 is 5.73 Å². The van der Waals surface area contributed by atoms with Crippen molar-refractivity contribution in [1.82, 2.24) is 0 Å². The standard InChI is InChI=1S/C13H16FNO3/c1-7-8-2-3-11(18-5-4-16)13(17)12(8)10(15)6-9(7)14/h6,11,16H,2-5,15H2,1H3. The number of hydrogen-bond acceptors (Lipinski definition) is 4. The number of benzene rings is 1. The van der Waals surface area contributed by atoms with E-state index in [-0.39, 0.29) is 30.5 Å². The monoisotopic (exact) mass is 253 g/mol. The molecule has 1 aromatic rings. The number of aliphatic hydroxyl groups is 1. The number of carbonyl (C=O) groups is 1.